The fraction of sp³-hybridized carbons (Fsp3) is 0. The third kappa shape index (κ3) is 1.38. The van der Waals surface area contributed by atoms with Gasteiger partial charge in [-0.15, -0.1) is 0 Å². The summed E-state index contributed by atoms with van der Waals surface area (Å²) in [5, 5.41) is 2.76. The topological polar surface area (TPSA) is 66.0 Å². The highest BCUT2D eigenvalue weighted by Gasteiger charge is 2.09. The first kappa shape index (κ1) is 9.10. The normalized spacial score (nSPS) is 10.9. The maximum Gasteiger partial charge on any atom is 0.295 e. The Bertz CT molecular complexity index is 582. The van der Waals surface area contributed by atoms with Gasteiger partial charge in [-0.3, -0.25) is 14.9 Å². The Morgan fingerprint density at radius 3 is 2.85 bits per heavy atom. The number of aromatic nitrogens is 4. The molecule has 0 aliphatic heterocycles. The summed E-state index contributed by atoms with van der Waals surface area (Å²) < 4.78 is 2.89. The molecule has 0 atom stereocenters. The quantitative estimate of drug-likeness (QED) is 0.723. The van der Waals surface area contributed by atoms with Gasteiger partial charge in [0.15, 0.2) is 4.77 Å². The smallest absolute Gasteiger partial charge is 0.295 e. The average molecular weight is 326 g/mol. The van der Waals surface area contributed by atoms with Crippen LogP contribution in [0.2, 0.25) is 0 Å². The summed E-state index contributed by atoms with van der Waals surface area (Å²) in [5.41, 5.74) is -0.0671. The van der Waals surface area contributed by atoms with Crippen molar-refractivity contribution in [2.45, 2.75) is 0 Å². The van der Waals surface area contributed by atoms with Crippen LogP contribution in [0.3, 0.4) is 0 Å². The standard InChI is InChI=1S/C5H2Br2N4OS/c6-1-2(7)11-3(8-1)4(12)9-5(13)10-11/h(H2,9,10,12,13). The zero-order valence-electron chi connectivity index (χ0n) is 5.97. The van der Waals surface area contributed by atoms with Gasteiger partial charge in [0.25, 0.3) is 5.56 Å². The zero-order valence-corrected chi connectivity index (χ0v) is 9.96. The molecular formula is C5H2Br2N4OS. The molecule has 2 aromatic rings. The minimum absolute atomic E-state index is 0.253. The van der Waals surface area contributed by atoms with Crippen LogP contribution in [0.15, 0.2) is 14.0 Å². The first-order chi connectivity index (χ1) is 6.09. The second-order valence-electron chi connectivity index (χ2n) is 2.25. The van der Waals surface area contributed by atoms with E-state index >= 15 is 0 Å². The predicted octanol–water partition coefficient (Wildman–Crippen LogP) is 1.61. The molecule has 8 heteroatoms. The highest BCUT2D eigenvalue weighted by atomic mass is 79.9. The molecule has 0 amide bonds. The number of hydrogen-bond donors (Lipinski definition) is 2. The van der Waals surface area contributed by atoms with Crippen LogP contribution in [0.25, 0.3) is 5.65 Å². The highest BCUT2D eigenvalue weighted by molar-refractivity contribution is 9.13. The molecule has 0 fully saturated rings. The molecular weight excluding hydrogens is 324 g/mol. The van der Waals surface area contributed by atoms with Gasteiger partial charge in [-0.2, -0.15) is 0 Å². The first-order valence-electron chi connectivity index (χ1n) is 3.15. The van der Waals surface area contributed by atoms with Crippen molar-refractivity contribution < 1.29 is 0 Å². The lowest BCUT2D eigenvalue weighted by Gasteiger charge is -1.92. The van der Waals surface area contributed by atoms with Gasteiger partial charge in [-0.05, 0) is 44.1 Å². The lowest BCUT2D eigenvalue weighted by Crippen LogP contribution is -2.12. The molecule has 13 heavy (non-hydrogen) atoms. The van der Waals surface area contributed by atoms with Crippen molar-refractivity contribution in [3.8, 4) is 0 Å². The van der Waals surface area contributed by atoms with Crippen LogP contribution in [-0.4, -0.2) is 19.6 Å². The molecule has 0 saturated carbocycles. The summed E-state index contributed by atoms with van der Waals surface area (Å²) in [6.45, 7) is 0. The molecule has 0 aromatic carbocycles. The van der Waals surface area contributed by atoms with Crippen LogP contribution in [-0.2, 0) is 0 Å². The van der Waals surface area contributed by atoms with Crippen LogP contribution >= 0.6 is 44.1 Å². The van der Waals surface area contributed by atoms with Crippen molar-refractivity contribution in [2.75, 3.05) is 0 Å². The number of nitrogens with zero attached hydrogens (tertiary/aromatic N) is 2. The summed E-state index contributed by atoms with van der Waals surface area (Å²) in [4.78, 5) is 17.7. The van der Waals surface area contributed by atoms with Crippen molar-refractivity contribution in [1.29, 1.82) is 0 Å². The van der Waals surface area contributed by atoms with Gasteiger partial charge >= 0.3 is 0 Å². The van der Waals surface area contributed by atoms with E-state index in [1.54, 1.807) is 0 Å². The zero-order chi connectivity index (χ0) is 9.59. The number of rotatable bonds is 0. The number of hydrogen-bond acceptors (Lipinski definition) is 3. The molecule has 5 nitrogen and oxygen atoms in total. The number of H-pyrrole nitrogens is 2. The Kier molecular flexibility index (Phi) is 2.12. The minimum Gasteiger partial charge on any atom is -0.295 e. The molecule has 0 aliphatic rings. The molecule has 0 radical (unpaired) electrons. The van der Waals surface area contributed by atoms with E-state index in [0.29, 0.717) is 9.21 Å². The van der Waals surface area contributed by atoms with Crippen LogP contribution in [0.4, 0.5) is 0 Å². The Morgan fingerprint density at radius 1 is 1.46 bits per heavy atom. The van der Waals surface area contributed by atoms with E-state index in [9.17, 15) is 4.79 Å². The minimum atomic E-state index is -0.324. The predicted molar refractivity (Wildman–Crippen MR) is 56.4 cm³/mol. The van der Waals surface area contributed by atoms with Gasteiger partial charge < -0.3 is 0 Å². The number of aromatic amines is 2. The molecule has 0 aliphatic carbocycles. The molecule has 68 valence electrons. The molecule has 0 saturated heterocycles. The van der Waals surface area contributed by atoms with Crippen molar-refractivity contribution in [3.05, 3.63) is 24.3 Å². The number of nitrogens with one attached hydrogen (secondary N) is 2. The second kappa shape index (κ2) is 3.03. The van der Waals surface area contributed by atoms with E-state index < -0.39 is 0 Å². The van der Waals surface area contributed by atoms with E-state index in [0.717, 1.165) is 0 Å². The average Bonchev–Trinajstić information content (AvgIpc) is 2.32. The summed E-state index contributed by atoms with van der Waals surface area (Å²) in [6, 6.07) is 0. The van der Waals surface area contributed by atoms with Crippen molar-refractivity contribution >= 4 is 49.7 Å². The summed E-state index contributed by atoms with van der Waals surface area (Å²) in [7, 11) is 0. The first-order valence-corrected chi connectivity index (χ1v) is 5.15. The molecule has 0 unspecified atom stereocenters. The second-order valence-corrected chi connectivity index (χ2v) is 4.16. The Labute approximate surface area is 93.4 Å². The lowest BCUT2D eigenvalue weighted by atomic mass is 10.8. The third-order valence-electron chi connectivity index (χ3n) is 1.43. The lowest BCUT2D eigenvalue weighted by molar-refractivity contribution is 0.851. The molecule has 2 aromatic heterocycles. The van der Waals surface area contributed by atoms with Crippen LogP contribution in [0, 0.1) is 4.77 Å². The molecule has 0 bridgehead atoms. The maximum atomic E-state index is 11.3. The van der Waals surface area contributed by atoms with E-state index in [2.05, 4.69) is 46.9 Å². The fourth-order valence-electron chi connectivity index (χ4n) is 0.917. The van der Waals surface area contributed by atoms with Gasteiger partial charge in [-0.25, -0.2) is 9.50 Å². The SMILES string of the molecule is O=c1[nH]c(=S)[nH]n2c(Br)c(Br)nc12. The Morgan fingerprint density at radius 2 is 2.15 bits per heavy atom. The Hall–Kier alpha value is -0.470. The number of imidazole rings is 1. The largest absolute Gasteiger partial charge is 0.295 e. The van der Waals surface area contributed by atoms with Gasteiger partial charge in [-0.1, -0.05) is 0 Å². The third-order valence-corrected chi connectivity index (χ3v) is 3.43. The summed E-state index contributed by atoms with van der Waals surface area (Å²) in [5.74, 6) is 0. The van der Waals surface area contributed by atoms with E-state index in [-0.39, 0.29) is 16.0 Å². The van der Waals surface area contributed by atoms with Crippen LogP contribution in [0.5, 0.6) is 0 Å². The number of fused-ring (bicyclic) bond motifs is 1. The molecule has 2 rings (SSSR count). The molecule has 2 N–H and O–H groups in total. The van der Waals surface area contributed by atoms with Crippen LogP contribution in [0.1, 0.15) is 0 Å². The van der Waals surface area contributed by atoms with Crippen molar-refractivity contribution in [2.24, 2.45) is 0 Å². The highest BCUT2D eigenvalue weighted by Crippen LogP contribution is 2.20. The summed E-state index contributed by atoms with van der Waals surface area (Å²) >= 11 is 11.2. The van der Waals surface area contributed by atoms with Crippen molar-refractivity contribution in [3.63, 3.8) is 0 Å². The van der Waals surface area contributed by atoms with Gasteiger partial charge in [0.2, 0.25) is 5.65 Å². The van der Waals surface area contributed by atoms with Crippen molar-refractivity contribution in [1.82, 2.24) is 19.6 Å². The molecule has 2 heterocycles. The fourth-order valence-corrected chi connectivity index (χ4v) is 1.79. The van der Waals surface area contributed by atoms with Crippen LogP contribution < -0.4 is 5.56 Å². The number of halogens is 2. The van der Waals surface area contributed by atoms with E-state index in [4.69, 9.17) is 12.2 Å². The van der Waals surface area contributed by atoms with E-state index in [1.165, 1.54) is 4.52 Å². The van der Waals surface area contributed by atoms with E-state index in [1.807, 2.05) is 0 Å². The Balaban J connectivity index is 3.12. The monoisotopic (exact) mass is 324 g/mol. The molecule has 0 spiro atoms. The summed E-state index contributed by atoms with van der Waals surface area (Å²) in [6.07, 6.45) is 0. The van der Waals surface area contributed by atoms with Gasteiger partial charge in [0, 0.05) is 0 Å². The maximum absolute atomic E-state index is 11.3. The van der Waals surface area contributed by atoms with Gasteiger partial charge in [0.05, 0.1) is 0 Å². The van der Waals surface area contributed by atoms with Gasteiger partial charge in [0.1, 0.15) is 9.21 Å².